The van der Waals surface area contributed by atoms with Gasteiger partial charge >= 0.3 is 0 Å². The van der Waals surface area contributed by atoms with E-state index >= 15 is 0 Å². The Morgan fingerprint density at radius 2 is 2.11 bits per heavy atom. The average molecular weight is 387 g/mol. The first-order chi connectivity index (χ1) is 13.3. The number of guanidine groups is 1. The molecule has 5 nitrogen and oxygen atoms in total. The maximum Gasteiger partial charge on any atom is 0.191 e. The molecule has 1 aliphatic rings. The monoisotopic (exact) mass is 386 g/mol. The molecule has 0 saturated carbocycles. The van der Waals surface area contributed by atoms with Crippen LogP contribution in [-0.4, -0.2) is 49.7 Å². The second-order valence-electron chi connectivity index (χ2n) is 6.77. The molecular weight excluding hydrogens is 356 g/mol. The molecule has 0 bridgehead atoms. The fourth-order valence-corrected chi connectivity index (χ4v) is 4.17. The second kappa shape index (κ2) is 10.4. The molecule has 2 unspecified atom stereocenters. The van der Waals surface area contributed by atoms with Crippen molar-refractivity contribution in [3.8, 4) is 0 Å². The van der Waals surface area contributed by atoms with Gasteiger partial charge in [0.25, 0.3) is 0 Å². The summed E-state index contributed by atoms with van der Waals surface area (Å²) >= 11 is 1.82. The number of rotatable bonds is 7. The number of thiophene rings is 1. The zero-order valence-corrected chi connectivity index (χ0v) is 17.0. The summed E-state index contributed by atoms with van der Waals surface area (Å²) in [6.45, 7) is 9.32. The van der Waals surface area contributed by atoms with Gasteiger partial charge < -0.3 is 15.4 Å². The van der Waals surface area contributed by atoms with Crippen molar-refractivity contribution >= 4 is 17.3 Å². The van der Waals surface area contributed by atoms with Gasteiger partial charge in [-0.05, 0) is 30.9 Å². The summed E-state index contributed by atoms with van der Waals surface area (Å²) in [7, 11) is 0. The van der Waals surface area contributed by atoms with E-state index in [0.29, 0.717) is 12.6 Å². The molecule has 1 aromatic carbocycles. The van der Waals surface area contributed by atoms with E-state index in [4.69, 9.17) is 9.73 Å². The van der Waals surface area contributed by atoms with Crippen molar-refractivity contribution in [1.29, 1.82) is 0 Å². The van der Waals surface area contributed by atoms with Gasteiger partial charge in [-0.15, -0.1) is 11.3 Å². The highest BCUT2D eigenvalue weighted by molar-refractivity contribution is 7.10. The lowest BCUT2D eigenvalue weighted by molar-refractivity contribution is -0.0334. The summed E-state index contributed by atoms with van der Waals surface area (Å²) in [5, 5.41) is 9.07. The number of nitrogens with zero attached hydrogens (tertiary/aromatic N) is 2. The summed E-state index contributed by atoms with van der Waals surface area (Å²) < 4.78 is 5.73. The fourth-order valence-electron chi connectivity index (χ4n) is 3.31. The molecule has 146 valence electrons. The Kier molecular flexibility index (Phi) is 7.68. The first kappa shape index (κ1) is 19.9. The Bertz CT molecular complexity index is 689. The first-order valence-corrected chi connectivity index (χ1v) is 10.6. The molecule has 27 heavy (non-hydrogen) atoms. The minimum Gasteiger partial charge on any atom is -0.376 e. The summed E-state index contributed by atoms with van der Waals surface area (Å²) in [5.41, 5.74) is 1.21. The summed E-state index contributed by atoms with van der Waals surface area (Å²) in [6, 6.07) is 15.0. The van der Waals surface area contributed by atoms with Crippen LogP contribution in [0.3, 0.4) is 0 Å². The predicted molar refractivity (Wildman–Crippen MR) is 113 cm³/mol. The zero-order valence-electron chi connectivity index (χ0n) is 16.2. The summed E-state index contributed by atoms with van der Waals surface area (Å²) in [5.74, 6) is 0.865. The summed E-state index contributed by atoms with van der Waals surface area (Å²) in [6.07, 6.45) is 0.279. The Hall–Kier alpha value is -1.89. The molecule has 0 amide bonds. The highest BCUT2D eigenvalue weighted by Gasteiger charge is 2.26. The SMILES string of the molecule is CCNC(=NCc1ccccc1)NCC(c1cccs1)N1CCOC(C)C1. The van der Waals surface area contributed by atoms with Crippen LogP contribution in [0.15, 0.2) is 52.8 Å². The molecule has 3 rings (SSSR count). The Morgan fingerprint density at radius 3 is 2.81 bits per heavy atom. The molecule has 2 atom stereocenters. The Morgan fingerprint density at radius 1 is 1.26 bits per heavy atom. The molecule has 1 aromatic heterocycles. The molecule has 1 saturated heterocycles. The maximum atomic E-state index is 5.73. The van der Waals surface area contributed by atoms with E-state index in [2.05, 4.69) is 71.2 Å². The topological polar surface area (TPSA) is 48.9 Å². The molecule has 0 aliphatic carbocycles. The Labute approximate surface area is 166 Å². The minimum absolute atomic E-state index is 0.279. The molecular formula is C21H30N4OS. The minimum atomic E-state index is 0.279. The van der Waals surface area contributed by atoms with Gasteiger partial charge in [0, 0.05) is 31.1 Å². The number of benzene rings is 1. The van der Waals surface area contributed by atoms with Gasteiger partial charge in [-0.2, -0.15) is 0 Å². The highest BCUT2D eigenvalue weighted by atomic mass is 32.1. The Balaban J connectivity index is 1.66. The number of hydrogen-bond donors (Lipinski definition) is 2. The van der Waals surface area contributed by atoms with E-state index in [-0.39, 0.29) is 6.10 Å². The van der Waals surface area contributed by atoms with Crippen molar-refractivity contribution in [2.75, 3.05) is 32.8 Å². The van der Waals surface area contributed by atoms with Crippen LogP contribution in [0.5, 0.6) is 0 Å². The lowest BCUT2D eigenvalue weighted by Crippen LogP contribution is -2.48. The molecule has 1 fully saturated rings. The van der Waals surface area contributed by atoms with Crippen molar-refractivity contribution < 1.29 is 4.74 Å². The molecule has 2 N–H and O–H groups in total. The number of aliphatic imine (C=N–C) groups is 1. The van der Waals surface area contributed by atoms with E-state index in [9.17, 15) is 0 Å². The van der Waals surface area contributed by atoms with Crippen molar-refractivity contribution in [3.05, 3.63) is 58.3 Å². The maximum absolute atomic E-state index is 5.73. The van der Waals surface area contributed by atoms with E-state index in [0.717, 1.165) is 38.7 Å². The smallest absolute Gasteiger partial charge is 0.191 e. The van der Waals surface area contributed by atoms with E-state index < -0.39 is 0 Å². The quantitative estimate of drug-likeness (QED) is 0.566. The highest BCUT2D eigenvalue weighted by Crippen LogP contribution is 2.26. The van der Waals surface area contributed by atoms with E-state index in [1.165, 1.54) is 10.4 Å². The summed E-state index contributed by atoms with van der Waals surface area (Å²) in [4.78, 5) is 8.66. The van der Waals surface area contributed by atoms with Gasteiger partial charge in [0.2, 0.25) is 0 Å². The van der Waals surface area contributed by atoms with Crippen molar-refractivity contribution in [1.82, 2.24) is 15.5 Å². The van der Waals surface area contributed by atoms with Crippen molar-refractivity contribution in [2.24, 2.45) is 4.99 Å². The van der Waals surface area contributed by atoms with Crippen LogP contribution in [-0.2, 0) is 11.3 Å². The number of morpholine rings is 1. The third-order valence-corrected chi connectivity index (χ3v) is 5.63. The van der Waals surface area contributed by atoms with E-state index in [1.807, 2.05) is 17.4 Å². The third kappa shape index (κ3) is 6.06. The largest absolute Gasteiger partial charge is 0.376 e. The van der Waals surface area contributed by atoms with Gasteiger partial charge in [-0.25, -0.2) is 4.99 Å². The van der Waals surface area contributed by atoms with Gasteiger partial charge in [-0.3, -0.25) is 4.90 Å². The van der Waals surface area contributed by atoms with Gasteiger partial charge in [0.05, 0.1) is 25.3 Å². The van der Waals surface area contributed by atoms with E-state index in [1.54, 1.807) is 0 Å². The molecule has 1 aliphatic heterocycles. The van der Waals surface area contributed by atoms with Gasteiger partial charge in [0.15, 0.2) is 5.96 Å². The molecule has 0 radical (unpaired) electrons. The second-order valence-corrected chi connectivity index (χ2v) is 7.75. The van der Waals surface area contributed by atoms with Crippen LogP contribution in [0.25, 0.3) is 0 Å². The normalized spacial score (nSPS) is 19.6. The predicted octanol–water partition coefficient (Wildman–Crippen LogP) is 3.27. The van der Waals surface area contributed by atoms with Crippen LogP contribution >= 0.6 is 11.3 Å². The lowest BCUT2D eigenvalue weighted by Gasteiger charge is -2.37. The number of nitrogens with one attached hydrogen (secondary N) is 2. The van der Waals surface area contributed by atoms with Gasteiger partial charge in [0.1, 0.15) is 0 Å². The van der Waals surface area contributed by atoms with Crippen LogP contribution in [0.2, 0.25) is 0 Å². The molecule has 6 heteroatoms. The lowest BCUT2D eigenvalue weighted by atomic mass is 10.1. The van der Waals surface area contributed by atoms with Crippen LogP contribution < -0.4 is 10.6 Å². The first-order valence-electron chi connectivity index (χ1n) is 9.71. The molecule has 0 spiro atoms. The van der Waals surface area contributed by atoms with Crippen LogP contribution in [0.1, 0.15) is 30.3 Å². The average Bonchev–Trinajstić information content (AvgIpc) is 3.21. The molecule has 2 aromatic rings. The third-order valence-electron chi connectivity index (χ3n) is 4.65. The van der Waals surface area contributed by atoms with Gasteiger partial charge in [-0.1, -0.05) is 36.4 Å². The van der Waals surface area contributed by atoms with Crippen LogP contribution in [0.4, 0.5) is 0 Å². The van der Waals surface area contributed by atoms with Crippen molar-refractivity contribution in [3.63, 3.8) is 0 Å². The van der Waals surface area contributed by atoms with Crippen molar-refractivity contribution in [2.45, 2.75) is 32.5 Å². The van der Waals surface area contributed by atoms with Crippen LogP contribution in [0, 0.1) is 0 Å². The fraction of sp³-hybridized carbons (Fsp3) is 0.476. The number of hydrogen-bond acceptors (Lipinski definition) is 4. The standard InChI is InChI=1S/C21H30N4OS/c1-3-22-21(23-14-18-8-5-4-6-9-18)24-15-19(20-10-7-13-27-20)25-11-12-26-17(2)16-25/h4-10,13,17,19H,3,11-12,14-16H2,1-2H3,(H2,22,23,24). The number of ether oxygens (including phenoxy) is 1. The zero-order chi connectivity index (χ0) is 18.9. The molecule has 2 heterocycles.